The van der Waals surface area contributed by atoms with Crippen molar-refractivity contribution in [2.45, 2.75) is 58.3 Å². The molecule has 1 aliphatic rings. The van der Waals surface area contributed by atoms with Crippen LogP contribution in [0.5, 0.6) is 0 Å². The maximum Gasteiger partial charge on any atom is 0.0109 e. The van der Waals surface area contributed by atoms with Crippen molar-refractivity contribution in [3.8, 4) is 0 Å². The lowest BCUT2D eigenvalue weighted by Crippen LogP contribution is -2.36. The Bertz CT molecular complexity index is 186. The molecule has 0 spiro atoms. The second-order valence-electron chi connectivity index (χ2n) is 6.32. The number of nitrogens with zero attached hydrogens (tertiary/aromatic N) is 2. The van der Waals surface area contributed by atoms with Crippen molar-refractivity contribution in [3.63, 3.8) is 0 Å². The molecule has 0 aliphatic heterocycles. The summed E-state index contributed by atoms with van der Waals surface area (Å²) in [6.45, 7) is 7.44. The van der Waals surface area contributed by atoms with Gasteiger partial charge in [-0.25, -0.2) is 0 Å². The van der Waals surface area contributed by atoms with E-state index in [0.29, 0.717) is 0 Å². The summed E-state index contributed by atoms with van der Waals surface area (Å²) in [5, 5.41) is 0. The fourth-order valence-corrected chi connectivity index (χ4v) is 2.96. The van der Waals surface area contributed by atoms with E-state index in [1.807, 2.05) is 0 Å². The second kappa shape index (κ2) is 9.80. The predicted molar refractivity (Wildman–Crippen MR) is 81.1 cm³/mol. The van der Waals surface area contributed by atoms with Crippen LogP contribution in [0.25, 0.3) is 0 Å². The monoisotopic (exact) mass is 254 g/mol. The number of hydrogen-bond acceptors (Lipinski definition) is 2. The van der Waals surface area contributed by atoms with Gasteiger partial charge in [-0.3, -0.25) is 0 Å². The van der Waals surface area contributed by atoms with Crippen LogP contribution in [0, 0.1) is 5.92 Å². The molecule has 18 heavy (non-hydrogen) atoms. The Balaban J connectivity index is 2.27. The lowest BCUT2D eigenvalue weighted by Gasteiger charge is -2.30. The zero-order valence-electron chi connectivity index (χ0n) is 13.0. The zero-order valence-corrected chi connectivity index (χ0v) is 13.0. The molecule has 0 bridgehead atoms. The molecule has 0 aromatic rings. The van der Waals surface area contributed by atoms with Crippen molar-refractivity contribution in [1.82, 2.24) is 9.80 Å². The highest BCUT2D eigenvalue weighted by Gasteiger charge is 2.16. The molecule has 0 atom stereocenters. The molecule has 2 heteroatoms. The van der Waals surface area contributed by atoms with E-state index in [1.165, 1.54) is 77.5 Å². The highest BCUT2D eigenvalue weighted by Crippen LogP contribution is 2.24. The third-order valence-electron chi connectivity index (χ3n) is 4.18. The van der Waals surface area contributed by atoms with Gasteiger partial charge in [0.2, 0.25) is 0 Å². The van der Waals surface area contributed by atoms with E-state index < -0.39 is 0 Å². The van der Waals surface area contributed by atoms with Gasteiger partial charge in [0.05, 0.1) is 0 Å². The predicted octanol–water partition coefficient (Wildman–Crippen LogP) is 3.62. The summed E-state index contributed by atoms with van der Waals surface area (Å²) in [5.74, 6) is 0.988. The van der Waals surface area contributed by atoms with E-state index in [0.717, 1.165) is 5.92 Å². The average Bonchev–Trinajstić information content (AvgIpc) is 2.37. The van der Waals surface area contributed by atoms with E-state index in [4.69, 9.17) is 0 Å². The van der Waals surface area contributed by atoms with Crippen LogP contribution in [0.3, 0.4) is 0 Å². The second-order valence-corrected chi connectivity index (χ2v) is 6.32. The third-order valence-corrected chi connectivity index (χ3v) is 4.18. The molecule has 1 aliphatic carbocycles. The molecular weight excluding hydrogens is 220 g/mol. The van der Waals surface area contributed by atoms with Crippen LogP contribution in [0.4, 0.5) is 0 Å². The molecule has 0 amide bonds. The summed E-state index contributed by atoms with van der Waals surface area (Å²) in [4.78, 5) is 5.04. The van der Waals surface area contributed by atoms with Crippen molar-refractivity contribution in [1.29, 1.82) is 0 Å². The Morgan fingerprint density at radius 2 is 1.61 bits per heavy atom. The third kappa shape index (κ3) is 7.38. The zero-order chi connectivity index (χ0) is 13.2. The SMILES string of the molecule is CCCCCN(CCN(C)C)CC1CCCCC1. The van der Waals surface area contributed by atoms with Gasteiger partial charge in [0.25, 0.3) is 0 Å². The molecule has 1 saturated carbocycles. The smallest absolute Gasteiger partial charge is 0.0109 e. The standard InChI is InChI=1S/C16H34N2/c1-4-5-9-12-18(14-13-17(2)3)15-16-10-7-6-8-11-16/h16H,4-15H2,1-3H3. The average molecular weight is 254 g/mol. The van der Waals surface area contributed by atoms with Crippen LogP contribution in [0.2, 0.25) is 0 Å². The Hall–Kier alpha value is -0.0800. The quantitative estimate of drug-likeness (QED) is 0.580. The molecule has 0 aromatic heterocycles. The van der Waals surface area contributed by atoms with Gasteiger partial charge in [0, 0.05) is 19.6 Å². The van der Waals surface area contributed by atoms with Crippen molar-refractivity contribution < 1.29 is 0 Å². The molecule has 108 valence electrons. The Kier molecular flexibility index (Phi) is 8.70. The molecule has 1 fully saturated rings. The molecule has 2 nitrogen and oxygen atoms in total. The lowest BCUT2D eigenvalue weighted by molar-refractivity contribution is 0.183. The molecule has 0 saturated heterocycles. The van der Waals surface area contributed by atoms with Gasteiger partial charge >= 0.3 is 0 Å². The minimum atomic E-state index is 0.988. The summed E-state index contributed by atoms with van der Waals surface area (Å²) in [7, 11) is 4.37. The van der Waals surface area contributed by atoms with Gasteiger partial charge in [0.1, 0.15) is 0 Å². The fraction of sp³-hybridized carbons (Fsp3) is 1.00. The van der Waals surface area contributed by atoms with Crippen molar-refractivity contribution in [2.24, 2.45) is 5.92 Å². The minimum absolute atomic E-state index is 0.988. The highest BCUT2D eigenvalue weighted by molar-refractivity contribution is 4.71. The molecule has 0 N–H and O–H groups in total. The first-order valence-electron chi connectivity index (χ1n) is 8.09. The van der Waals surface area contributed by atoms with E-state index in [-0.39, 0.29) is 0 Å². The maximum atomic E-state index is 2.73. The Morgan fingerprint density at radius 3 is 2.22 bits per heavy atom. The summed E-state index contributed by atoms with van der Waals surface area (Å²) in [6.07, 6.45) is 11.5. The number of unbranched alkanes of at least 4 members (excludes halogenated alkanes) is 2. The normalized spacial score (nSPS) is 17.8. The first-order chi connectivity index (χ1) is 8.72. The van der Waals surface area contributed by atoms with Crippen molar-refractivity contribution in [2.75, 3.05) is 40.3 Å². The van der Waals surface area contributed by atoms with Gasteiger partial charge in [-0.05, 0) is 45.8 Å². The first-order valence-corrected chi connectivity index (χ1v) is 8.09. The number of likely N-dealkylation sites (N-methyl/N-ethyl adjacent to an activating group) is 1. The van der Waals surface area contributed by atoms with Crippen molar-refractivity contribution in [3.05, 3.63) is 0 Å². The molecule has 1 rings (SSSR count). The van der Waals surface area contributed by atoms with Gasteiger partial charge in [0.15, 0.2) is 0 Å². The summed E-state index contributed by atoms with van der Waals surface area (Å²) in [6, 6.07) is 0. The molecule has 0 heterocycles. The Labute approximate surface area is 115 Å². The molecular formula is C16H34N2. The van der Waals surface area contributed by atoms with Crippen LogP contribution < -0.4 is 0 Å². The van der Waals surface area contributed by atoms with E-state index in [9.17, 15) is 0 Å². The van der Waals surface area contributed by atoms with Gasteiger partial charge < -0.3 is 9.80 Å². The maximum absolute atomic E-state index is 2.73. The summed E-state index contributed by atoms with van der Waals surface area (Å²) < 4.78 is 0. The lowest BCUT2D eigenvalue weighted by atomic mass is 9.89. The largest absolute Gasteiger partial charge is 0.308 e. The number of rotatable bonds is 9. The van der Waals surface area contributed by atoms with Gasteiger partial charge in [-0.1, -0.05) is 39.0 Å². The van der Waals surface area contributed by atoms with Crippen molar-refractivity contribution >= 4 is 0 Å². The minimum Gasteiger partial charge on any atom is -0.308 e. The van der Waals surface area contributed by atoms with Crippen LogP contribution in [0.15, 0.2) is 0 Å². The molecule has 0 radical (unpaired) electrons. The van der Waals surface area contributed by atoms with E-state index in [1.54, 1.807) is 0 Å². The Morgan fingerprint density at radius 1 is 0.889 bits per heavy atom. The van der Waals surface area contributed by atoms with Crippen LogP contribution in [-0.4, -0.2) is 50.1 Å². The van der Waals surface area contributed by atoms with Gasteiger partial charge in [-0.15, -0.1) is 0 Å². The summed E-state index contributed by atoms with van der Waals surface area (Å²) in [5.41, 5.74) is 0. The van der Waals surface area contributed by atoms with Gasteiger partial charge in [-0.2, -0.15) is 0 Å². The van der Waals surface area contributed by atoms with Crippen LogP contribution in [-0.2, 0) is 0 Å². The fourth-order valence-electron chi connectivity index (χ4n) is 2.96. The first kappa shape index (κ1) is 16.0. The van der Waals surface area contributed by atoms with Crippen LogP contribution in [0.1, 0.15) is 58.3 Å². The van der Waals surface area contributed by atoms with Crippen LogP contribution >= 0.6 is 0 Å². The topological polar surface area (TPSA) is 6.48 Å². The highest BCUT2D eigenvalue weighted by atomic mass is 15.2. The number of hydrogen-bond donors (Lipinski definition) is 0. The molecule has 0 unspecified atom stereocenters. The molecule has 0 aromatic carbocycles. The van der Waals surface area contributed by atoms with E-state index >= 15 is 0 Å². The van der Waals surface area contributed by atoms with E-state index in [2.05, 4.69) is 30.8 Å². The summed E-state index contributed by atoms with van der Waals surface area (Å²) >= 11 is 0.